The maximum atomic E-state index is 9.04. The van der Waals surface area contributed by atoms with Crippen LogP contribution in [0.2, 0.25) is 5.28 Å². The summed E-state index contributed by atoms with van der Waals surface area (Å²) < 4.78 is 0. The van der Waals surface area contributed by atoms with Crippen molar-refractivity contribution in [3.05, 3.63) is 11.5 Å². The maximum absolute atomic E-state index is 9.04. The van der Waals surface area contributed by atoms with Gasteiger partial charge in [-0.15, -0.1) is 5.10 Å². The summed E-state index contributed by atoms with van der Waals surface area (Å²) in [6.45, 7) is 1.15. The number of rotatable bonds is 3. The largest absolute Gasteiger partial charge is 0.396 e. The minimum atomic E-state index is 0.172. The van der Waals surface area contributed by atoms with Gasteiger partial charge in [0.05, 0.1) is 6.20 Å². The van der Waals surface area contributed by atoms with E-state index >= 15 is 0 Å². The van der Waals surface area contributed by atoms with Crippen LogP contribution >= 0.6 is 11.6 Å². The van der Waals surface area contributed by atoms with Crippen LogP contribution in [-0.2, 0) is 0 Å². The molecule has 0 aliphatic carbocycles. The van der Waals surface area contributed by atoms with Gasteiger partial charge >= 0.3 is 0 Å². The van der Waals surface area contributed by atoms with Crippen LogP contribution in [0.15, 0.2) is 6.20 Å². The van der Waals surface area contributed by atoms with Gasteiger partial charge in [0, 0.05) is 19.2 Å². The van der Waals surface area contributed by atoms with E-state index in [1.165, 1.54) is 6.42 Å². The van der Waals surface area contributed by atoms with Crippen molar-refractivity contribution < 1.29 is 5.11 Å². The normalized spacial score (nSPS) is 21.1. The molecule has 1 aliphatic heterocycles. The smallest absolute Gasteiger partial charge is 0.244 e. The molecule has 1 unspecified atom stereocenters. The average molecular weight is 243 g/mol. The van der Waals surface area contributed by atoms with Gasteiger partial charge < -0.3 is 10.0 Å². The molecular formula is C10H15ClN4O. The predicted octanol–water partition coefficient (Wildman–Crippen LogP) is 1.27. The summed E-state index contributed by atoms with van der Waals surface area (Å²) in [4.78, 5) is 6.33. The van der Waals surface area contributed by atoms with Crippen LogP contribution in [0.4, 0.5) is 5.82 Å². The summed E-state index contributed by atoms with van der Waals surface area (Å²) in [7, 11) is 0. The Balaban J connectivity index is 2.16. The Morgan fingerprint density at radius 3 is 3.12 bits per heavy atom. The Morgan fingerprint density at radius 1 is 1.50 bits per heavy atom. The summed E-state index contributed by atoms with van der Waals surface area (Å²) in [5.41, 5.74) is 0. The van der Waals surface area contributed by atoms with E-state index in [2.05, 4.69) is 20.1 Å². The third-order valence-corrected chi connectivity index (χ3v) is 3.06. The second-order valence-electron chi connectivity index (χ2n) is 3.94. The summed E-state index contributed by atoms with van der Waals surface area (Å²) >= 11 is 5.73. The van der Waals surface area contributed by atoms with Crippen LogP contribution in [0, 0.1) is 0 Å². The van der Waals surface area contributed by atoms with E-state index in [1.54, 1.807) is 6.20 Å². The molecule has 0 radical (unpaired) electrons. The van der Waals surface area contributed by atoms with Crippen molar-refractivity contribution in [2.75, 3.05) is 18.1 Å². The second-order valence-corrected chi connectivity index (χ2v) is 4.28. The molecule has 6 heteroatoms. The molecule has 88 valence electrons. The third-order valence-electron chi connectivity index (χ3n) is 2.90. The number of aliphatic hydroxyl groups excluding tert-OH is 1. The SMILES string of the molecule is OCCC1CCCCN1c1cnnc(Cl)n1. The lowest BCUT2D eigenvalue weighted by atomic mass is 10.00. The molecule has 0 aromatic carbocycles. The van der Waals surface area contributed by atoms with E-state index in [9.17, 15) is 0 Å². The quantitative estimate of drug-likeness (QED) is 0.865. The number of piperidine rings is 1. The van der Waals surface area contributed by atoms with Gasteiger partial charge in [-0.05, 0) is 37.3 Å². The van der Waals surface area contributed by atoms with E-state index in [-0.39, 0.29) is 11.9 Å². The van der Waals surface area contributed by atoms with E-state index in [0.717, 1.165) is 31.6 Å². The van der Waals surface area contributed by atoms with E-state index in [4.69, 9.17) is 16.7 Å². The van der Waals surface area contributed by atoms with E-state index in [0.29, 0.717) is 6.04 Å². The number of halogens is 1. The van der Waals surface area contributed by atoms with Crippen LogP contribution in [0.3, 0.4) is 0 Å². The highest BCUT2D eigenvalue weighted by Gasteiger charge is 2.23. The number of anilines is 1. The summed E-state index contributed by atoms with van der Waals surface area (Å²) in [5.74, 6) is 0.762. The standard InChI is InChI=1S/C10H15ClN4O/c11-10-13-9(7-12-14-10)15-5-2-1-3-8(15)4-6-16/h7-8,16H,1-6H2. The summed E-state index contributed by atoms with van der Waals surface area (Å²) in [6, 6.07) is 0.339. The van der Waals surface area contributed by atoms with Gasteiger partial charge in [0.25, 0.3) is 0 Å². The van der Waals surface area contributed by atoms with Crippen LogP contribution in [0.5, 0.6) is 0 Å². The zero-order valence-corrected chi connectivity index (χ0v) is 9.77. The first-order valence-electron chi connectivity index (χ1n) is 5.54. The average Bonchev–Trinajstić information content (AvgIpc) is 2.30. The lowest BCUT2D eigenvalue weighted by molar-refractivity contribution is 0.262. The van der Waals surface area contributed by atoms with Crippen LogP contribution < -0.4 is 4.90 Å². The molecule has 1 fully saturated rings. The first-order valence-corrected chi connectivity index (χ1v) is 5.92. The molecule has 0 amide bonds. The fourth-order valence-electron chi connectivity index (χ4n) is 2.16. The molecule has 1 aromatic rings. The van der Waals surface area contributed by atoms with Crippen molar-refractivity contribution >= 4 is 17.4 Å². The number of hydrogen-bond donors (Lipinski definition) is 1. The first kappa shape index (κ1) is 11.5. The maximum Gasteiger partial charge on any atom is 0.244 e. The molecule has 1 saturated heterocycles. The van der Waals surface area contributed by atoms with Crippen molar-refractivity contribution in [2.24, 2.45) is 0 Å². The number of hydrogen-bond acceptors (Lipinski definition) is 5. The zero-order valence-electron chi connectivity index (χ0n) is 9.01. The van der Waals surface area contributed by atoms with Gasteiger partial charge in [-0.25, -0.2) is 0 Å². The van der Waals surface area contributed by atoms with Crippen molar-refractivity contribution in [1.29, 1.82) is 0 Å². The predicted molar refractivity (Wildman–Crippen MR) is 61.5 cm³/mol. The van der Waals surface area contributed by atoms with E-state index < -0.39 is 0 Å². The topological polar surface area (TPSA) is 62.1 Å². The fraction of sp³-hybridized carbons (Fsp3) is 0.700. The summed E-state index contributed by atoms with van der Waals surface area (Å²) in [5, 5.41) is 16.6. The highest BCUT2D eigenvalue weighted by molar-refractivity contribution is 6.28. The van der Waals surface area contributed by atoms with Gasteiger partial charge in [-0.3, -0.25) is 0 Å². The molecule has 0 bridgehead atoms. The second kappa shape index (κ2) is 5.41. The Labute approximate surface area is 99.5 Å². The van der Waals surface area contributed by atoms with Crippen LogP contribution in [0.25, 0.3) is 0 Å². The van der Waals surface area contributed by atoms with Gasteiger partial charge in [-0.2, -0.15) is 10.1 Å². The van der Waals surface area contributed by atoms with Gasteiger partial charge in [0.15, 0.2) is 5.82 Å². The van der Waals surface area contributed by atoms with Gasteiger partial charge in [0.2, 0.25) is 5.28 Å². The Hall–Kier alpha value is -0.940. The number of nitrogens with zero attached hydrogens (tertiary/aromatic N) is 4. The monoisotopic (exact) mass is 242 g/mol. The number of aromatic nitrogens is 3. The van der Waals surface area contributed by atoms with Crippen LogP contribution in [0.1, 0.15) is 25.7 Å². The molecule has 1 atom stereocenters. The molecule has 1 aliphatic rings. The molecule has 2 heterocycles. The van der Waals surface area contributed by atoms with Crippen LogP contribution in [-0.4, -0.2) is 39.5 Å². The van der Waals surface area contributed by atoms with Crippen molar-refractivity contribution in [1.82, 2.24) is 15.2 Å². The molecule has 2 rings (SSSR count). The molecule has 16 heavy (non-hydrogen) atoms. The molecule has 1 aromatic heterocycles. The molecule has 5 nitrogen and oxygen atoms in total. The molecule has 1 N–H and O–H groups in total. The summed E-state index contributed by atoms with van der Waals surface area (Å²) in [6.07, 6.45) is 5.82. The minimum Gasteiger partial charge on any atom is -0.396 e. The van der Waals surface area contributed by atoms with Crippen molar-refractivity contribution in [2.45, 2.75) is 31.7 Å². The minimum absolute atomic E-state index is 0.172. The third kappa shape index (κ3) is 2.59. The van der Waals surface area contributed by atoms with Gasteiger partial charge in [-0.1, -0.05) is 0 Å². The molecule has 0 spiro atoms. The Morgan fingerprint density at radius 2 is 2.38 bits per heavy atom. The Kier molecular flexibility index (Phi) is 3.90. The lowest BCUT2D eigenvalue weighted by Crippen LogP contribution is -2.40. The molecule has 0 saturated carbocycles. The molecular weight excluding hydrogens is 228 g/mol. The number of aliphatic hydroxyl groups is 1. The zero-order chi connectivity index (χ0) is 11.4. The van der Waals surface area contributed by atoms with Crippen molar-refractivity contribution in [3.8, 4) is 0 Å². The first-order chi connectivity index (χ1) is 7.81. The highest BCUT2D eigenvalue weighted by Crippen LogP contribution is 2.24. The lowest BCUT2D eigenvalue weighted by Gasteiger charge is -2.36. The van der Waals surface area contributed by atoms with Gasteiger partial charge in [0.1, 0.15) is 0 Å². The van der Waals surface area contributed by atoms with Crippen molar-refractivity contribution in [3.63, 3.8) is 0 Å². The Bertz CT molecular complexity index is 347. The van der Waals surface area contributed by atoms with E-state index in [1.807, 2.05) is 0 Å². The highest BCUT2D eigenvalue weighted by atomic mass is 35.5. The fourth-order valence-corrected chi connectivity index (χ4v) is 2.29.